The first kappa shape index (κ1) is 17.5. The molecule has 1 rings (SSSR count). The van der Waals surface area contributed by atoms with Crippen LogP contribution >= 0.6 is 0 Å². The molecule has 21 heavy (non-hydrogen) atoms. The summed E-state index contributed by atoms with van der Waals surface area (Å²) in [6.45, 7) is 3.55. The summed E-state index contributed by atoms with van der Waals surface area (Å²) in [5, 5.41) is 1.50. The lowest BCUT2D eigenvalue weighted by molar-refractivity contribution is -0.115. The molecule has 0 spiro atoms. The van der Waals surface area contributed by atoms with Gasteiger partial charge in [-0.1, -0.05) is 6.07 Å². The Morgan fingerprint density at radius 3 is 2.71 bits per heavy atom. The van der Waals surface area contributed by atoms with Crippen molar-refractivity contribution in [3.05, 3.63) is 23.8 Å². The Labute approximate surface area is 125 Å². The molecule has 0 aliphatic heterocycles. The van der Waals surface area contributed by atoms with Gasteiger partial charge in [-0.25, -0.2) is 8.42 Å². The fraction of sp³-hybridized carbons (Fsp3) is 0.500. The largest absolute Gasteiger partial charge is 0.399 e. The van der Waals surface area contributed by atoms with E-state index in [9.17, 15) is 13.2 Å². The van der Waals surface area contributed by atoms with Crippen LogP contribution in [0.3, 0.4) is 0 Å². The Balaban J connectivity index is 2.76. The van der Waals surface area contributed by atoms with E-state index in [4.69, 9.17) is 10.5 Å². The van der Waals surface area contributed by atoms with Gasteiger partial charge < -0.3 is 15.8 Å². The van der Waals surface area contributed by atoms with Gasteiger partial charge in [-0.3, -0.25) is 4.79 Å². The van der Waals surface area contributed by atoms with Gasteiger partial charge in [-0.05, 0) is 38.0 Å². The third-order valence-electron chi connectivity index (χ3n) is 3.20. The quantitative estimate of drug-likeness (QED) is 0.585. The highest BCUT2D eigenvalue weighted by Crippen LogP contribution is 2.19. The monoisotopic (exact) mass is 314 g/mol. The van der Waals surface area contributed by atoms with Crippen LogP contribution in [0, 0.1) is 6.92 Å². The van der Waals surface area contributed by atoms with E-state index in [0.29, 0.717) is 24.4 Å². The lowest BCUT2D eigenvalue weighted by Gasteiger charge is -2.15. The summed E-state index contributed by atoms with van der Waals surface area (Å²) in [4.78, 5) is 12.1. The summed E-state index contributed by atoms with van der Waals surface area (Å²) >= 11 is 0. The molecule has 0 aliphatic carbocycles. The zero-order chi connectivity index (χ0) is 16.0. The molecule has 0 saturated carbocycles. The third-order valence-corrected chi connectivity index (χ3v) is 5.35. The molecule has 0 heterocycles. The third kappa shape index (κ3) is 5.02. The molecular formula is C14H22N2O4S. The fourth-order valence-electron chi connectivity index (χ4n) is 1.75. The number of amides is 1. The van der Waals surface area contributed by atoms with E-state index in [1.54, 1.807) is 18.2 Å². The Bertz CT molecular complexity index is 599. The number of carbonyl (C=O) groups is 1. The molecule has 7 heteroatoms. The van der Waals surface area contributed by atoms with Crippen LogP contribution in [0.15, 0.2) is 18.2 Å². The second kappa shape index (κ2) is 7.42. The lowest BCUT2D eigenvalue weighted by atomic mass is 10.2. The van der Waals surface area contributed by atoms with Gasteiger partial charge >= 0.3 is 0 Å². The molecule has 0 aliphatic rings. The number of benzene rings is 1. The van der Waals surface area contributed by atoms with Gasteiger partial charge in [0.1, 0.15) is 5.25 Å². The number of sulfone groups is 1. The van der Waals surface area contributed by atoms with Crippen molar-refractivity contribution in [3.8, 4) is 0 Å². The lowest BCUT2D eigenvalue weighted by Crippen LogP contribution is -2.34. The van der Waals surface area contributed by atoms with Crippen molar-refractivity contribution < 1.29 is 17.9 Å². The fourth-order valence-corrected chi connectivity index (χ4v) is 3.01. The van der Waals surface area contributed by atoms with Crippen LogP contribution in [0.5, 0.6) is 0 Å². The summed E-state index contributed by atoms with van der Waals surface area (Å²) in [6, 6.07) is 5.09. The predicted molar refractivity (Wildman–Crippen MR) is 84.0 cm³/mol. The van der Waals surface area contributed by atoms with E-state index in [-0.39, 0.29) is 5.75 Å². The van der Waals surface area contributed by atoms with E-state index < -0.39 is 21.0 Å². The van der Waals surface area contributed by atoms with Crippen molar-refractivity contribution in [2.24, 2.45) is 0 Å². The van der Waals surface area contributed by atoms with Crippen molar-refractivity contribution in [1.29, 1.82) is 0 Å². The molecule has 1 aromatic rings. The zero-order valence-corrected chi connectivity index (χ0v) is 13.4. The van der Waals surface area contributed by atoms with Gasteiger partial charge in [-0.2, -0.15) is 0 Å². The maximum absolute atomic E-state index is 12.1. The molecule has 118 valence electrons. The second-order valence-corrected chi connectivity index (χ2v) is 7.36. The first-order valence-corrected chi connectivity index (χ1v) is 8.37. The maximum atomic E-state index is 12.1. The van der Waals surface area contributed by atoms with Crippen LogP contribution in [-0.4, -0.2) is 39.0 Å². The molecule has 0 aromatic heterocycles. The topological polar surface area (TPSA) is 98.5 Å². The van der Waals surface area contributed by atoms with Crippen LogP contribution in [-0.2, 0) is 19.4 Å². The number of anilines is 2. The van der Waals surface area contributed by atoms with Crippen LogP contribution in [0.4, 0.5) is 11.4 Å². The number of ether oxygens (including phenoxy) is 1. The van der Waals surface area contributed by atoms with Gasteiger partial charge in [-0.15, -0.1) is 0 Å². The number of nitrogen functional groups attached to an aromatic ring is 1. The SMILES string of the molecule is COCCCS(=O)(=O)C(C)C(=O)Nc1cc(N)ccc1C. The number of carbonyl (C=O) groups excluding carboxylic acids is 1. The maximum Gasteiger partial charge on any atom is 0.242 e. The summed E-state index contributed by atoms with van der Waals surface area (Å²) in [7, 11) is -1.99. The number of aryl methyl sites for hydroxylation is 1. The Kier molecular flexibility index (Phi) is 6.17. The molecule has 0 bridgehead atoms. The van der Waals surface area contributed by atoms with E-state index >= 15 is 0 Å². The van der Waals surface area contributed by atoms with Crippen LogP contribution < -0.4 is 11.1 Å². The van der Waals surface area contributed by atoms with E-state index in [1.807, 2.05) is 6.92 Å². The zero-order valence-electron chi connectivity index (χ0n) is 12.5. The van der Waals surface area contributed by atoms with Crippen molar-refractivity contribution in [3.63, 3.8) is 0 Å². The van der Waals surface area contributed by atoms with Gasteiger partial charge in [0.05, 0.1) is 5.75 Å². The highest BCUT2D eigenvalue weighted by atomic mass is 32.2. The van der Waals surface area contributed by atoms with Crippen LogP contribution in [0.1, 0.15) is 18.9 Å². The minimum atomic E-state index is -3.50. The van der Waals surface area contributed by atoms with Crippen molar-refractivity contribution >= 4 is 27.1 Å². The van der Waals surface area contributed by atoms with Gasteiger partial charge in [0.25, 0.3) is 0 Å². The standard InChI is InChI=1S/C14H22N2O4S/c1-10-5-6-12(15)9-13(10)16-14(17)11(2)21(18,19)8-4-7-20-3/h5-6,9,11H,4,7-8,15H2,1-3H3,(H,16,17). The average Bonchev–Trinajstić information content (AvgIpc) is 2.42. The van der Waals surface area contributed by atoms with Crippen molar-refractivity contribution in [2.45, 2.75) is 25.5 Å². The van der Waals surface area contributed by atoms with Gasteiger partial charge in [0.2, 0.25) is 5.91 Å². The van der Waals surface area contributed by atoms with Crippen molar-refractivity contribution in [2.75, 3.05) is 30.5 Å². The molecule has 6 nitrogen and oxygen atoms in total. The summed E-state index contributed by atoms with van der Waals surface area (Å²) in [6.07, 6.45) is 0.369. The first-order chi connectivity index (χ1) is 9.77. The molecule has 0 radical (unpaired) electrons. The Morgan fingerprint density at radius 2 is 2.10 bits per heavy atom. The number of methoxy groups -OCH3 is 1. The van der Waals surface area contributed by atoms with Gasteiger partial charge in [0, 0.05) is 25.1 Å². The minimum Gasteiger partial charge on any atom is -0.399 e. The van der Waals surface area contributed by atoms with Crippen LogP contribution in [0.2, 0.25) is 0 Å². The van der Waals surface area contributed by atoms with E-state index in [0.717, 1.165) is 5.56 Å². The van der Waals surface area contributed by atoms with Crippen molar-refractivity contribution in [1.82, 2.24) is 0 Å². The first-order valence-electron chi connectivity index (χ1n) is 6.65. The van der Waals surface area contributed by atoms with E-state index in [1.165, 1.54) is 14.0 Å². The summed E-state index contributed by atoms with van der Waals surface area (Å²) < 4.78 is 28.9. The molecule has 1 aromatic carbocycles. The highest BCUT2D eigenvalue weighted by molar-refractivity contribution is 7.92. The molecule has 1 amide bonds. The van der Waals surface area contributed by atoms with E-state index in [2.05, 4.69) is 5.32 Å². The number of rotatable bonds is 7. The average molecular weight is 314 g/mol. The van der Waals surface area contributed by atoms with Gasteiger partial charge in [0.15, 0.2) is 9.84 Å². The highest BCUT2D eigenvalue weighted by Gasteiger charge is 2.27. The number of hydrogen-bond donors (Lipinski definition) is 2. The molecule has 0 saturated heterocycles. The van der Waals surface area contributed by atoms with Crippen LogP contribution in [0.25, 0.3) is 0 Å². The Hall–Kier alpha value is -1.60. The number of nitrogens with two attached hydrogens (primary N) is 1. The Morgan fingerprint density at radius 1 is 1.43 bits per heavy atom. The smallest absolute Gasteiger partial charge is 0.242 e. The number of nitrogens with one attached hydrogen (secondary N) is 1. The minimum absolute atomic E-state index is 0.0780. The summed E-state index contributed by atoms with van der Waals surface area (Å²) in [5.74, 6) is -0.633. The second-order valence-electron chi connectivity index (χ2n) is 4.92. The normalized spacial score (nSPS) is 12.9. The molecular weight excluding hydrogens is 292 g/mol. The summed E-state index contributed by atoms with van der Waals surface area (Å²) in [5.41, 5.74) is 7.52. The molecule has 0 fully saturated rings. The molecule has 1 atom stereocenters. The molecule has 1 unspecified atom stereocenters. The molecule has 3 N–H and O–H groups in total. The predicted octanol–water partition coefficient (Wildman–Crippen LogP) is 1.36. The number of hydrogen-bond acceptors (Lipinski definition) is 5.